The highest BCUT2D eigenvalue weighted by atomic mass is 16.5. The number of rotatable bonds is 6. The lowest BCUT2D eigenvalue weighted by molar-refractivity contribution is -0.143. The second kappa shape index (κ2) is 8.20. The van der Waals surface area contributed by atoms with Gasteiger partial charge in [0.1, 0.15) is 11.3 Å². The summed E-state index contributed by atoms with van der Waals surface area (Å²) in [5.41, 5.74) is 7.83. The molecule has 0 unspecified atom stereocenters. The lowest BCUT2D eigenvalue weighted by Gasteiger charge is -2.30. The molecule has 182 valence electrons. The molecule has 2 saturated heterocycles. The van der Waals surface area contributed by atoms with Crippen LogP contribution in [0.15, 0.2) is 36.4 Å². The molecule has 0 aromatic heterocycles. The predicted molar refractivity (Wildman–Crippen MR) is 127 cm³/mol. The van der Waals surface area contributed by atoms with E-state index in [0.29, 0.717) is 22.6 Å². The smallest absolute Gasteiger partial charge is 0.250 e. The van der Waals surface area contributed by atoms with Crippen LogP contribution in [0, 0.1) is 25.7 Å². The molecule has 4 N–H and O–H groups in total. The van der Waals surface area contributed by atoms with Gasteiger partial charge < -0.3 is 15.8 Å². The summed E-state index contributed by atoms with van der Waals surface area (Å²) in [6.07, 6.45) is 0.277. The highest BCUT2D eigenvalue weighted by Gasteiger charge is 2.70. The summed E-state index contributed by atoms with van der Waals surface area (Å²) in [6, 6.07) is 10.5. The number of imide groups is 1. The van der Waals surface area contributed by atoms with E-state index in [1.54, 1.807) is 12.1 Å². The molecule has 0 saturated carbocycles. The zero-order valence-electron chi connectivity index (χ0n) is 19.9. The van der Waals surface area contributed by atoms with Crippen molar-refractivity contribution < 1.29 is 23.9 Å². The van der Waals surface area contributed by atoms with Crippen LogP contribution in [0.3, 0.4) is 0 Å². The lowest BCUT2D eigenvalue weighted by atomic mass is 9.75. The van der Waals surface area contributed by atoms with Gasteiger partial charge in [-0.1, -0.05) is 35.9 Å². The van der Waals surface area contributed by atoms with Crippen LogP contribution >= 0.6 is 0 Å². The molecule has 3 heterocycles. The molecule has 3 aliphatic rings. The Hall–Kier alpha value is -3.72. The number of benzene rings is 2. The molecule has 4 amide bonds. The fraction of sp³-hybridized carbons (Fsp3) is 0.385. The fourth-order valence-electron chi connectivity index (χ4n) is 6.02. The SMILES string of the molecule is COc1ccccc1CN1C(=O)[C@@H]2[C@H](CCC(N)=O)N[C@]3(C(=O)Nc4c(C)cc(C)cc43)[C@H]2C1=O. The molecule has 4 atom stereocenters. The van der Waals surface area contributed by atoms with Crippen LogP contribution in [0.2, 0.25) is 0 Å². The number of anilines is 1. The molecule has 35 heavy (non-hydrogen) atoms. The summed E-state index contributed by atoms with van der Waals surface area (Å²) < 4.78 is 5.41. The first-order valence-corrected chi connectivity index (χ1v) is 11.6. The first-order chi connectivity index (χ1) is 16.7. The molecule has 0 aliphatic carbocycles. The molecule has 2 aromatic carbocycles. The van der Waals surface area contributed by atoms with E-state index in [1.165, 1.54) is 12.0 Å². The monoisotopic (exact) mass is 476 g/mol. The number of methoxy groups -OCH3 is 1. The summed E-state index contributed by atoms with van der Waals surface area (Å²) in [4.78, 5) is 54.0. The van der Waals surface area contributed by atoms with Crippen LogP contribution in [-0.2, 0) is 31.3 Å². The number of nitrogens with zero attached hydrogens (tertiary/aromatic N) is 1. The van der Waals surface area contributed by atoms with Gasteiger partial charge in [-0.15, -0.1) is 0 Å². The minimum Gasteiger partial charge on any atom is -0.496 e. The van der Waals surface area contributed by atoms with Crippen LogP contribution in [0.5, 0.6) is 5.75 Å². The Balaban J connectivity index is 1.61. The molecular formula is C26H28N4O5. The van der Waals surface area contributed by atoms with Crippen molar-refractivity contribution in [3.63, 3.8) is 0 Å². The van der Waals surface area contributed by atoms with E-state index in [2.05, 4.69) is 10.6 Å². The molecular weight excluding hydrogens is 448 g/mol. The average molecular weight is 477 g/mol. The van der Waals surface area contributed by atoms with Gasteiger partial charge in [-0.3, -0.25) is 29.4 Å². The van der Waals surface area contributed by atoms with E-state index in [-0.39, 0.29) is 31.2 Å². The number of likely N-dealkylation sites (tertiary alicyclic amines) is 1. The third-order valence-electron chi connectivity index (χ3n) is 7.48. The third-order valence-corrected chi connectivity index (χ3v) is 7.48. The molecule has 1 spiro atoms. The van der Waals surface area contributed by atoms with Gasteiger partial charge in [0.05, 0.1) is 25.5 Å². The van der Waals surface area contributed by atoms with Crippen LogP contribution in [-0.4, -0.2) is 41.7 Å². The lowest BCUT2D eigenvalue weighted by Crippen LogP contribution is -2.53. The fourth-order valence-corrected chi connectivity index (χ4v) is 6.02. The van der Waals surface area contributed by atoms with Crippen molar-refractivity contribution in [3.8, 4) is 5.75 Å². The van der Waals surface area contributed by atoms with Crippen LogP contribution in [0.4, 0.5) is 5.69 Å². The Morgan fingerprint density at radius 2 is 1.89 bits per heavy atom. The molecule has 3 aliphatic heterocycles. The maximum absolute atomic E-state index is 13.9. The Kier molecular flexibility index (Phi) is 5.40. The van der Waals surface area contributed by atoms with E-state index in [0.717, 1.165) is 11.1 Å². The standard InChI is InChI=1S/C26H28N4O5/c1-13-10-14(2)22-16(11-13)26(25(34)28-22)21-20(17(29-26)8-9-19(27)31)23(32)30(24(21)33)12-15-6-4-5-7-18(15)35-3/h4-7,10-11,17,20-21,29H,8-9,12H2,1-3H3,(H2,27,31)(H,28,34)/t17-,20+,21+,26-/m0/s1. The van der Waals surface area contributed by atoms with Crippen LogP contribution in [0.1, 0.15) is 35.1 Å². The van der Waals surface area contributed by atoms with E-state index in [4.69, 9.17) is 10.5 Å². The maximum atomic E-state index is 13.9. The molecule has 0 bridgehead atoms. The summed E-state index contributed by atoms with van der Waals surface area (Å²) in [7, 11) is 1.53. The number of amides is 4. The Morgan fingerprint density at radius 1 is 1.14 bits per heavy atom. The molecule has 5 rings (SSSR count). The van der Waals surface area contributed by atoms with Crippen molar-refractivity contribution >= 4 is 29.3 Å². The Morgan fingerprint density at radius 3 is 2.60 bits per heavy atom. The zero-order valence-corrected chi connectivity index (χ0v) is 19.9. The van der Waals surface area contributed by atoms with Crippen molar-refractivity contribution in [1.29, 1.82) is 0 Å². The number of carbonyl (C=O) groups is 4. The summed E-state index contributed by atoms with van der Waals surface area (Å²) >= 11 is 0. The Labute approximate surface area is 203 Å². The topological polar surface area (TPSA) is 131 Å². The first kappa shape index (κ1) is 23.0. The van der Waals surface area contributed by atoms with Crippen molar-refractivity contribution in [3.05, 3.63) is 58.7 Å². The molecule has 2 aromatic rings. The van der Waals surface area contributed by atoms with E-state index < -0.39 is 35.2 Å². The number of hydrogen-bond acceptors (Lipinski definition) is 6. The van der Waals surface area contributed by atoms with Crippen molar-refractivity contribution in [2.24, 2.45) is 17.6 Å². The third kappa shape index (κ3) is 3.33. The highest BCUT2D eigenvalue weighted by molar-refractivity contribution is 6.15. The predicted octanol–water partition coefficient (Wildman–Crippen LogP) is 1.50. The van der Waals surface area contributed by atoms with Gasteiger partial charge >= 0.3 is 0 Å². The van der Waals surface area contributed by atoms with E-state index in [1.807, 2.05) is 38.1 Å². The number of aryl methyl sites for hydroxylation is 2. The van der Waals surface area contributed by atoms with Crippen LogP contribution in [0.25, 0.3) is 0 Å². The normalized spacial score (nSPS) is 26.8. The average Bonchev–Trinajstić information content (AvgIpc) is 3.39. The summed E-state index contributed by atoms with van der Waals surface area (Å²) in [5, 5.41) is 6.29. The van der Waals surface area contributed by atoms with Crippen molar-refractivity contribution in [2.45, 2.75) is 44.8 Å². The van der Waals surface area contributed by atoms with Gasteiger partial charge in [-0.05, 0) is 31.9 Å². The van der Waals surface area contributed by atoms with Gasteiger partial charge in [-0.25, -0.2) is 0 Å². The largest absolute Gasteiger partial charge is 0.496 e. The number of nitrogens with one attached hydrogen (secondary N) is 2. The number of hydrogen-bond donors (Lipinski definition) is 3. The number of nitrogens with two attached hydrogens (primary N) is 1. The maximum Gasteiger partial charge on any atom is 0.250 e. The number of para-hydroxylation sites is 1. The first-order valence-electron chi connectivity index (χ1n) is 11.6. The minimum absolute atomic E-state index is 0.0340. The van der Waals surface area contributed by atoms with Gasteiger partial charge in [-0.2, -0.15) is 0 Å². The molecule has 2 fully saturated rings. The Bertz CT molecular complexity index is 1270. The molecule has 9 heteroatoms. The van der Waals surface area contributed by atoms with Gasteiger partial charge in [0.25, 0.3) is 0 Å². The van der Waals surface area contributed by atoms with Gasteiger partial charge in [0, 0.05) is 29.3 Å². The second-order valence-corrected chi connectivity index (χ2v) is 9.60. The molecule has 9 nitrogen and oxygen atoms in total. The van der Waals surface area contributed by atoms with Crippen molar-refractivity contribution in [1.82, 2.24) is 10.2 Å². The van der Waals surface area contributed by atoms with Crippen LogP contribution < -0.4 is 21.1 Å². The number of fused-ring (bicyclic) bond motifs is 4. The van der Waals surface area contributed by atoms with Gasteiger partial charge in [0.2, 0.25) is 23.6 Å². The summed E-state index contributed by atoms with van der Waals surface area (Å²) in [6.45, 7) is 3.86. The number of primary amides is 1. The van der Waals surface area contributed by atoms with E-state index in [9.17, 15) is 19.2 Å². The quantitative estimate of drug-likeness (QED) is 0.542. The van der Waals surface area contributed by atoms with Crippen molar-refractivity contribution in [2.75, 3.05) is 12.4 Å². The zero-order chi connectivity index (χ0) is 25.1. The molecule has 0 radical (unpaired) electrons. The number of carbonyl (C=O) groups excluding carboxylic acids is 4. The number of ether oxygens (including phenoxy) is 1. The van der Waals surface area contributed by atoms with E-state index >= 15 is 0 Å². The van der Waals surface area contributed by atoms with Gasteiger partial charge in [0.15, 0.2) is 0 Å². The highest BCUT2D eigenvalue weighted by Crippen LogP contribution is 2.54. The minimum atomic E-state index is -1.40. The second-order valence-electron chi connectivity index (χ2n) is 9.60. The summed E-state index contributed by atoms with van der Waals surface area (Å²) in [5.74, 6) is -2.82.